The van der Waals surface area contributed by atoms with Gasteiger partial charge in [0.1, 0.15) is 18.0 Å². The van der Waals surface area contributed by atoms with Crippen molar-refractivity contribution in [3.05, 3.63) is 30.1 Å². The zero-order valence-corrected chi connectivity index (χ0v) is 8.23. The van der Waals surface area contributed by atoms with E-state index in [4.69, 9.17) is 11.6 Å². The molecule has 72 valence electrons. The molecule has 0 unspecified atom stereocenters. The summed E-state index contributed by atoms with van der Waals surface area (Å²) >= 11 is 5.75. The summed E-state index contributed by atoms with van der Waals surface area (Å²) in [6.45, 7) is 0. The number of halogens is 1. The molecule has 0 aliphatic heterocycles. The zero-order valence-electron chi connectivity index (χ0n) is 7.48. The van der Waals surface area contributed by atoms with Crippen LogP contribution in [0, 0.1) is 0 Å². The number of rotatable bonds is 2. The molecular weight excluding hydrogens is 202 g/mol. The first-order valence-corrected chi connectivity index (χ1v) is 4.38. The van der Waals surface area contributed by atoms with E-state index in [1.165, 1.54) is 0 Å². The monoisotopic (exact) mass is 209 g/mol. The Morgan fingerprint density at radius 2 is 2.29 bits per heavy atom. The summed E-state index contributed by atoms with van der Waals surface area (Å²) in [5.41, 5.74) is 0. The highest BCUT2D eigenvalue weighted by molar-refractivity contribution is 6.28. The van der Waals surface area contributed by atoms with Crippen LogP contribution in [0.5, 0.6) is 0 Å². The van der Waals surface area contributed by atoms with Gasteiger partial charge in [0.2, 0.25) is 5.28 Å². The minimum atomic E-state index is 0.209. The fourth-order valence-electron chi connectivity index (χ4n) is 1.06. The minimum Gasteiger partial charge on any atom is -0.373 e. The maximum atomic E-state index is 5.75. The van der Waals surface area contributed by atoms with Crippen LogP contribution >= 0.6 is 11.6 Å². The second-order valence-corrected chi connectivity index (χ2v) is 2.94. The quantitative estimate of drug-likeness (QED) is 0.759. The predicted molar refractivity (Wildman–Crippen MR) is 53.7 cm³/mol. The van der Waals surface area contributed by atoms with Crippen LogP contribution in [-0.2, 0) is 0 Å². The van der Waals surface area contributed by atoms with Crippen LogP contribution in [0.1, 0.15) is 0 Å². The Morgan fingerprint density at radius 1 is 1.43 bits per heavy atom. The van der Waals surface area contributed by atoms with Crippen molar-refractivity contribution >= 4 is 17.4 Å². The molecule has 0 amide bonds. The highest BCUT2D eigenvalue weighted by Crippen LogP contribution is 2.12. The van der Waals surface area contributed by atoms with Gasteiger partial charge in [-0.1, -0.05) is 0 Å². The molecule has 0 radical (unpaired) electrons. The maximum absolute atomic E-state index is 5.75. The van der Waals surface area contributed by atoms with E-state index in [-0.39, 0.29) is 5.28 Å². The van der Waals surface area contributed by atoms with Gasteiger partial charge in [0.15, 0.2) is 0 Å². The summed E-state index contributed by atoms with van der Waals surface area (Å²) in [5, 5.41) is 3.11. The highest BCUT2D eigenvalue weighted by atomic mass is 35.5. The molecule has 2 aromatic heterocycles. The molecule has 0 aliphatic carbocycles. The van der Waals surface area contributed by atoms with Crippen LogP contribution in [0.4, 0.5) is 5.82 Å². The number of anilines is 1. The summed E-state index contributed by atoms with van der Waals surface area (Å²) in [4.78, 5) is 12.0. The Kier molecular flexibility index (Phi) is 2.32. The molecule has 6 heteroatoms. The van der Waals surface area contributed by atoms with Crippen LogP contribution in [-0.4, -0.2) is 26.6 Å². The molecule has 0 saturated heterocycles. The van der Waals surface area contributed by atoms with E-state index in [0.29, 0.717) is 11.6 Å². The van der Waals surface area contributed by atoms with Gasteiger partial charge in [0.25, 0.3) is 0 Å². The van der Waals surface area contributed by atoms with Gasteiger partial charge < -0.3 is 5.32 Å². The molecule has 2 heterocycles. The van der Waals surface area contributed by atoms with Gasteiger partial charge in [-0.3, -0.25) is 4.57 Å². The lowest BCUT2D eigenvalue weighted by Gasteiger charge is -2.04. The SMILES string of the molecule is CNc1cc(-n2ccnc2)nc(Cl)n1. The second-order valence-electron chi connectivity index (χ2n) is 2.60. The summed E-state index contributed by atoms with van der Waals surface area (Å²) in [5.74, 6) is 1.36. The minimum absolute atomic E-state index is 0.209. The lowest BCUT2D eigenvalue weighted by atomic mass is 10.5. The third-order valence-electron chi connectivity index (χ3n) is 1.71. The number of hydrogen-bond donors (Lipinski definition) is 1. The van der Waals surface area contributed by atoms with Crippen LogP contribution < -0.4 is 5.32 Å². The molecule has 0 aromatic carbocycles. The number of aromatic nitrogens is 4. The molecule has 5 nitrogen and oxygen atoms in total. The normalized spacial score (nSPS) is 10.1. The van der Waals surface area contributed by atoms with Crippen molar-refractivity contribution in [2.45, 2.75) is 0 Å². The standard InChI is InChI=1S/C8H8ClN5/c1-10-6-4-7(13-8(9)12-6)14-3-2-11-5-14/h2-5H,1H3,(H,10,12,13). The summed E-state index contributed by atoms with van der Waals surface area (Å²) in [7, 11) is 1.77. The zero-order chi connectivity index (χ0) is 9.97. The summed E-state index contributed by atoms with van der Waals surface area (Å²) < 4.78 is 1.76. The maximum Gasteiger partial charge on any atom is 0.226 e. The number of nitrogens with one attached hydrogen (secondary N) is 1. The molecule has 0 spiro atoms. The Labute approximate surface area is 85.8 Å². The predicted octanol–water partition coefficient (Wildman–Crippen LogP) is 1.36. The fourth-order valence-corrected chi connectivity index (χ4v) is 1.24. The van der Waals surface area contributed by atoms with E-state index in [9.17, 15) is 0 Å². The first-order chi connectivity index (χ1) is 6.79. The van der Waals surface area contributed by atoms with Gasteiger partial charge in [0, 0.05) is 25.5 Å². The van der Waals surface area contributed by atoms with E-state index in [2.05, 4.69) is 20.3 Å². The average Bonchev–Trinajstić information content (AvgIpc) is 2.69. The van der Waals surface area contributed by atoms with Crippen LogP contribution in [0.3, 0.4) is 0 Å². The van der Waals surface area contributed by atoms with E-state index in [0.717, 1.165) is 0 Å². The van der Waals surface area contributed by atoms with Gasteiger partial charge >= 0.3 is 0 Å². The van der Waals surface area contributed by atoms with Crippen molar-refractivity contribution in [2.75, 3.05) is 12.4 Å². The first-order valence-electron chi connectivity index (χ1n) is 4.00. The largest absolute Gasteiger partial charge is 0.373 e. The Hall–Kier alpha value is -1.62. The van der Waals surface area contributed by atoms with Crippen molar-refractivity contribution in [2.24, 2.45) is 0 Å². The Morgan fingerprint density at radius 3 is 2.93 bits per heavy atom. The molecule has 2 aromatic rings. The third kappa shape index (κ3) is 1.67. The molecule has 14 heavy (non-hydrogen) atoms. The molecule has 0 fully saturated rings. The lowest BCUT2D eigenvalue weighted by Crippen LogP contribution is -2.00. The third-order valence-corrected chi connectivity index (χ3v) is 1.88. The molecule has 0 saturated carbocycles. The smallest absolute Gasteiger partial charge is 0.226 e. The van der Waals surface area contributed by atoms with Crippen molar-refractivity contribution in [3.8, 4) is 5.82 Å². The molecular formula is C8H8ClN5. The van der Waals surface area contributed by atoms with Crippen molar-refractivity contribution in [3.63, 3.8) is 0 Å². The van der Waals surface area contributed by atoms with Gasteiger partial charge in [0.05, 0.1) is 0 Å². The average molecular weight is 210 g/mol. The van der Waals surface area contributed by atoms with Crippen LogP contribution in [0.25, 0.3) is 5.82 Å². The summed E-state index contributed by atoms with van der Waals surface area (Å²) in [6.07, 6.45) is 5.12. The van der Waals surface area contributed by atoms with Gasteiger partial charge in [-0.15, -0.1) is 0 Å². The highest BCUT2D eigenvalue weighted by Gasteiger charge is 2.02. The van der Waals surface area contributed by atoms with Crippen LogP contribution in [0.2, 0.25) is 5.28 Å². The lowest BCUT2D eigenvalue weighted by molar-refractivity contribution is 0.972. The van der Waals surface area contributed by atoms with E-state index >= 15 is 0 Å². The topological polar surface area (TPSA) is 55.6 Å². The molecule has 0 bridgehead atoms. The van der Waals surface area contributed by atoms with Crippen molar-refractivity contribution < 1.29 is 0 Å². The molecule has 1 N–H and O–H groups in total. The van der Waals surface area contributed by atoms with Crippen molar-refractivity contribution in [1.29, 1.82) is 0 Å². The second kappa shape index (κ2) is 3.63. The number of hydrogen-bond acceptors (Lipinski definition) is 4. The number of nitrogens with zero attached hydrogens (tertiary/aromatic N) is 4. The molecule has 2 rings (SSSR count). The van der Waals surface area contributed by atoms with E-state index in [1.807, 2.05) is 0 Å². The van der Waals surface area contributed by atoms with Crippen molar-refractivity contribution in [1.82, 2.24) is 19.5 Å². The van der Waals surface area contributed by atoms with Gasteiger partial charge in [-0.25, -0.2) is 9.97 Å². The number of imidazole rings is 1. The van der Waals surface area contributed by atoms with Gasteiger partial charge in [-0.05, 0) is 11.6 Å². The first kappa shape index (κ1) is 8.96. The summed E-state index contributed by atoms with van der Waals surface area (Å²) in [6, 6.07) is 1.79. The Balaban J connectivity index is 2.48. The van der Waals surface area contributed by atoms with E-state index < -0.39 is 0 Å². The fraction of sp³-hybridized carbons (Fsp3) is 0.125. The Bertz CT molecular complexity index is 425. The van der Waals surface area contributed by atoms with Gasteiger partial charge in [-0.2, -0.15) is 4.98 Å². The van der Waals surface area contributed by atoms with Crippen LogP contribution in [0.15, 0.2) is 24.8 Å². The molecule has 0 aliphatic rings. The van der Waals surface area contributed by atoms with E-state index in [1.54, 1.807) is 36.4 Å². The molecule has 0 atom stereocenters.